The molecule has 0 unspecified atom stereocenters. The van der Waals surface area contributed by atoms with Crippen molar-refractivity contribution >= 4 is 23.2 Å². The van der Waals surface area contributed by atoms with Crippen molar-refractivity contribution in [1.82, 2.24) is 9.97 Å². The first-order valence-electron chi connectivity index (χ1n) is 6.72. The summed E-state index contributed by atoms with van der Waals surface area (Å²) in [5, 5.41) is 3.61. The molecule has 0 aliphatic heterocycles. The molecule has 1 aromatic heterocycles. The molecule has 20 heavy (non-hydrogen) atoms. The van der Waals surface area contributed by atoms with Gasteiger partial charge in [0.2, 0.25) is 5.95 Å². The average molecular weight is 292 g/mol. The Morgan fingerprint density at radius 3 is 2.80 bits per heavy atom. The van der Waals surface area contributed by atoms with Gasteiger partial charge >= 0.3 is 0 Å². The van der Waals surface area contributed by atoms with Gasteiger partial charge < -0.3 is 5.32 Å². The lowest BCUT2D eigenvalue weighted by molar-refractivity contribution is 0.619. The molecular formula is C15H15ClFN3. The maximum Gasteiger partial charge on any atom is 0.228 e. The van der Waals surface area contributed by atoms with E-state index >= 15 is 0 Å². The minimum atomic E-state index is -0.222. The molecule has 1 N–H and O–H groups in total. The zero-order valence-corrected chi connectivity index (χ0v) is 12.0. The van der Waals surface area contributed by atoms with E-state index in [1.165, 1.54) is 6.07 Å². The van der Waals surface area contributed by atoms with Crippen LogP contribution in [0.3, 0.4) is 0 Å². The number of rotatable bonds is 2. The molecule has 2 aromatic rings. The van der Waals surface area contributed by atoms with Crippen molar-refractivity contribution in [2.45, 2.75) is 32.6 Å². The van der Waals surface area contributed by atoms with Crippen LogP contribution in [0.15, 0.2) is 18.2 Å². The Morgan fingerprint density at radius 2 is 2.00 bits per heavy atom. The molecule has 0 fully saturated rings. The molecule has 0 bridgehead atoms. The summed E-state index contributed by atoms with van der Waals surface area (Å²) in [6.07, 6.45) is 4.16. The van der Waals surface area contributed by atoms with Crippen LogP contribution in [-0.2, 0) is 12.8 Å². The Kier molecular flexibility index (Phi) is 3.57. The summed E-state index contributed by atoms with van der Waals surface area (Å²) >= 11 is 6.22. The number of aromatic nitrogens is 2. The van der Waals surface area contributed by atoms with Gasteiger partial charge in [0.05, 0.1) is 5.69 Å². The topological polar surface area (TPSA) is 37.8 Å². The number of aryl methyl sites for hydroxylation is 2. The smallest absolute Gasteiger partial charge is 0.228 e. The number of hydrogen-bond donors (Lipinski definition) is 1. The van der Waals surface area contributed by atoms with Crippen LogP contribution in [0, 0.1) is 12.7 Å². The second kappa shape index (κ2) is 5.37. The number of nitrogens with one attached hydrogen (secondary N) is 1. The molecule has 0 saturated heterocycles. The Balaban J connectivity index is 1.90. The fourth-order valence-electron chi connectivity index (χ4n) is 2.46. The third-order valence-electron chi connectivity index (χ3n) is 3.55. The summed E-state index contributed by atoms with van der Waals surface area (Å²) < 4.78 is 13.2. The van der Waals surface area contributed by atoms with Crippen LogP contribution in [0.4, 0.5) is 16.0 Å². The van der Waals surface area contributed by atoms with E-state index in [4.69, 9.17) is 11.6 Å². The van der Waals surface area contributed by atoms with Crippen LogP contribution in [0.25, 0.3) is 0 Å². The van der Waals surface area contributed by atoms with E-state index in [1.807, 2.05) is 0 Å². The van der Waals surface area contributed by atoms with Gasteiger partial charge in [0.25, 0.3) is 0 Å². The quantitative estimate of drug-likeness (QED) is 0.843. The molecule has 0 atom stereocenters. The van der Waals surface area contributed by atoms with Crippen molar-refractivity contribution in [3.63, 3.8) is 0 Å². The van der Waals surface area contributed by atoms with E-state index in [0.29, 0.717) is 16.7 Å². The lowest BCUT2D eigenvalue weighted by Crippen LogP contribution is -2.10. The Hall–Kier alpha value is -1.68. The highest BCUT2D eigenvalue weighted by atomic mass is 35.5. The van der Waals surface area contributed by atoms with E-state index in [-0.39, 0.29) is 5.82 Å². The summed E-state index contributed by atoms with van der Waals surface area (Å²) in [7, 11) is 0. The molecular weight excluding hydrogens is 277 g/mol. The highest BCUT2D eigenvalue weighted by molar-refractivity contribution is 6.30. The number of nitrogens with zero attached hydrogens (tertiary/aromatic N) is 2. The summed E-state index contributed by atoms with van der Waals surface area (Å²) in [6, 6.07) is 4.82. The van der Waals surface area contributed by atoms with Crippen LogP contribution >= 0.6 is 11.6 Å². The molecule has 5 heteroatoms. The Morgan fingerprint density at radius 1 is 1.20 bits per heavy atom. The number of halogens is 2. The molecule has 0 amide bonds. The summed E-state index contributed by atoms with van der Waals surface area (Å²) in [5.41, 5.74) is 3.44. The van der Waals surface area contributed by atoms with Gasteiger partial charge in [-0.3, -0.25) is 0 Å². The van der Waals surface area contributed by atoms with E-state index in [0.717, 1.165) is 42.6 Å². The average Bonchev–Trinajstić information content (AvgIpc) is 2.43. The molecule has 0 saturated carbocycles. The van der Waals surface area contributed by atoms with Crippen molar-refractivity contribution in [2.75, 3.05) is 5.32 Å². The van der Waals surface area contributed by atoms with Crippen molar-refractivity contribution in [3.05, 3.63) is 46.0 Å². The molecule has 0 spiro atoms. The van der Waals surface area contributed by atoms with Crippen LogP contribution in [0.5, 0.6) is 0 Å². The largest absolute Gasteiger partial charge is 0.324 e. The van der Waals surface area contributed by atoms with Crippen LogP contribution in [-0.4, -0.2) is 9.97 Å². The lowest BCUT2D eigenvalue weighted by atomic mass is 9.97. The number of hydrogen-bond acceptors (Lipinski definition) is 3. The third kappa shape index (κ3) is 2.61. The van der Waals surface area contributed by atoms with Gasteiger partial charge in [-0.25, -0.2) is 14.4 Å². The molecule has 0 radical (unpaired) electrons. The SMILES string of the molecule is Cc1cc(Nc2nc(Cl)c3c(n2)CCCC3)ccc1F. The van der Waals surface area contributed by atoms with E-state index < -0.39 is 0 Å². The molecule has 104 valence electrons. The number of anilines is 2. The van der Waals surface area contributed by atoms with E-state index in [2.05, 4.69) is 15.3 Å². The van der Waals surface area contributed by atoms with Crippen molar-refractivity contribution in [3.8, 4) is 0 Å². The van der Waals surface area contributed by atoms with Gasteiger partial charge in [0.15, 0.2) is 0 Å². The fourth-order valence-corrected chi connectivity index (χ4v) is 2.74. The van der Waals surface area contributed by atoms with E-state index in [9.17, 15) is 4.39 Å². The predicted octanol–water partition coefficient (Wildman–Crippen LogP) is 4.20. The lowest BCUT2D eigenvalue weighted by Gasteiger charge is -2.17. The van der Waals surface area contributed by atoms with Gasteiger partial charge in [-0.2, -0.15) is 0 Å². The second-order valence-corrected chi connectivity index (χ2v) is 5.42. The van der Waals surface area contributed by atoms with Gasteiger partial charge in [0, 0.05) is 11.3 Å². The van der Waals surface area contributed by atoms with Gasteiger partial charge in [-0.1, -0.05) is 11.6 Å². The van der Waals surface area contributed by atoms with Crippen molar-refractivity contribution in [1.29, 1.82) is 0 Å². The van der Waals surface area contributed by atoms with Crippen molar-refractivity contribution in [2.24, 2.45) is 0 Å². The summed E-state index contributed by atoms with van der Waals surface area (Å²) in [4.78, 5) is 8.80. The first-order chi connectivity index (χ1) is 9.63. The predicted molar refractivity (Wildman–Crippen MR) is 78.1 cm³/mol. The monoisotopic (exact) mass is 291 g/mol. The zero-order valence-electron chi connectivity index (χ0n) is 11.2. The van der Waals surface area contributed by atoms with Crippen molar-refractivity contribution < 1.29 is 4.39 Å². The maximum absolute atomic E-state index is 13.2. The standard InChI is InChI=1S/C15H15ClFN3/c1-9-8-10(6-7-12(9)17)18-15-19-13-5-3-2-4-11(13)14(16)20-15/h6-8H,2-5H2,1H3,(H,18,19,20). The number of fused-ring (bicyclic) bond motifs is 1. The van der Waals surface area contributed by atoms with Gasteiger partial charge in [0.1, 0.15) is 11.0 Å². The van der Waals surface area contributed by atoms with Crippen LogP contribution in [0.1, 0.15) is 29.7 Å². The molecule has 1 aliphatic rings. The molecule has 1 heterocycles. The highest BCUT2D eigenvalue weighted by Crippen LogP contribution is 2.27. The first-order valence-corrected chi connectivity index (χ1v) is 7.10. The normalized spacial score (nSPS) is 13.9. The van der Waals surface area contributed by atoms with Gasteiger partial charge in [-0.15, -0.1) is 0 Å². The van der Waals surface area contributed by atoms with E-state index in [1.54, 1.807) is 19.1 Å². The minimum Gasteiger partial charge on any atom is -0.324 e. The minimum absolute atomic E-state index is 0.222. The molecule has 3 nitrogen and oxygen atoms in total. The fraction of sp³-hybridized carbons (Fsp3) is 0.333. The Bertz CT molecular complexity index is 658. The highest BCUT2D eigenvalue weighted by Gasteiger charge is 2.16. The summed E-state index contributed by atoms with van der Waals surface area (Å²) in [6.45, 7) is 1.72. The maximum atomic E-state index is 13.2. The zero-order chi connectivity index (χ0) is 14.1. The first kappa shape index (κ1) is 13.3. The molecule has 3 rings (SSSR count). The molecule has 1 aliphatic carbocycles. The number of benzene rings is 1. The molecule has 1 aromatic carbocycles. The summed E-state index contributed by atoms with van der Waals surface area (Å²) in [5.74, 6) is 0.251. The van der Waals surface area contributed by atoms with Gasteiger partial charge in [-0.05, 0) is 56.4 Å². The second-order valence-electron chi connectivity index (χ2n) is 5.06. The third-order valence-corrected chi connectivity index (χ3v) is 3.86. The Labute approximate surface area is 122 Å². The van der Waals surface area contributed by atoms with Crippen LogP contribution in [0.2, 0.25) is 5.15 Å². The van der Waals surface area contributed by atoms with Crippen LogP contribution < -0.4 is 5.32 Å².